The Kier molecular flexibility index (Phi) is 4.86. The maximum atomic E-state index is 10.8. The van der Waals surface area contributed by atoms with Crippen LogP contribution in [0, 0.1) is 0 Å². The van der Waals surface area contributed by atoms with Crippen LogP contribution in [0.1, 0.15) is 13.3 Å². The molecule has 64 valence electrons. The molecule has 3 heteroatoms. The predicted molar refractivity (Wildman–Crippen MR) is 49.2 cm³/mol. The highest BCUT2D eigenvalue weighted by Gasteiger charge is 2.14. The summed E-state index contributed by atoms with van der Waals surface area (Å²) in [5.41, 5.74) is 0.167. The Bertz CT molecular complexity index is 143. The maximum absolute atomic E-state index is 10.8. The number of esters is 1. The first-order valence-electron chi connectivity index (χ1n) is 3.94. The van der Waals surface area contributed by atoms with E-state index in [2.05, 4.69) is 19.7 Å². The van der Waals surface area contributed by atoms with Gasteiger partial charge in [0.25, 0.3) is 0 Å². The summed E-state index contributed by atoms with van der Waals surface area (Å²) in [6.07, 6.45) is 2.14. The molecule has 0 rings (SSSR count). The smallest absolute Gasteiger partial charge is 0.330 e. The van der Waals surface area contributed by atoms with E-state index in [4.69, 9.17) is 4.74 Å². The molecule has 0 aromatic heterocycles. The van der Waals surface area contributed by atoms with Gasteiger partial charge in [-0.15, -0.1) is 0 Å². The molecule has 0 amide bonds. The van der Waals surface area contributed by atoms with E-state index < -0.39 is 8.80 Å². The quantitative estimate of drug-likeness (QED) is 0.365. The van der Waals surface area contributed by atoms with Crippen LogP contribution < -0.4 is 0 Å². The highest BCUT2D eigenvalue weighted by atomic mass is 28.3. The third kappa shape index (κ3) is 3.98. The molecule has 0 aliphatic rings. The van der Waals surface area contributed by atoms with Gasteiger partial charge in [0.1, 0.15) is 0 Å². The molecule has 0 aromatic rings. The first kappa shape index (κ1) is 10.4. The van der Waals surface area contributed by atoms with Crippen LogP contribution >= 0.6 is 0 Å². The molecule has 0 aromatic carbocycles. The lowest BCUT2D eigenvalue weighted by Crippen LogP contribution is -2.29. The number of carbonyl (C=O) groups excluding carboxylic acids is 1. The fourth-order valence-corrected chi connectivity index (χ4v) is 2.24. The van der Waals surface area contributed by atoms with Crippen LogP contribution in [0.15, 0.2) is 12.7 Å². The van der Waals surface area contributed by atoms with Crippen molar-refractivity contribution >= 4 is 14.8 Å². The van der Waals surface area contributed by atoms with Crippen LogP contribution in [0.25, 0.3) is 0 Å². The Hall–Kier alpha value is -0.573. The zero-order valence-corrected chi connectivity index (χ0v) is 8.62. The van der Waals surface area contributed by atoms with Crippen molar-refractivity contribution in [2.75, 3.05) is 0 Å². The van der Waals surface area contributed by atoms with Crippen molar-refractivity contribution < 1.29 is 9.53 Å². The third-order valence-electron chi connectivity index (χ3n) is 1.58. The average molecular weight is 172 g/mol. The summed E-state index contributed by atoms with van der Waals surface area (Å²) < 4.78 is 5.11. The van der Waals surface area contributed by atoms with Gasteiger partial charge in [0.2, 0.25) is 0 Å². The summed E-state index contributed by atoms with van der Waals surface area (Å²) in [7, 11) is -0.846. The van der Waals surface area contributed by atoms with Gasteiger partial charge >= 0.3 is 5.97 Å². The van der Waals surface area contributed by atoms with Gasteiger partial charge in [-0.05, 0) is 6.42 Å². The second-order valence-corrected chi connectivity index (χ2v) is 6.06. The van der Waals surface area contributed by atoms with Gasteiger partial charge in [-0.2, -0.15) is 0 Å². The topological polar surface area (TPSA) is 26.3 Å². The molecule has 0 spiro atoms. The minimum atomic E-state index is -0.846. The van der Waals surface area contributed by atoms with Crippen molar-refractivity contribution in [3.63, 3.8) is 0 Å². The van der Waals surface area contributed by atoms with E-state index >= 15 is 0 Å². The second-order valence-electron chi connectivity index (χ2n) is 2.83. The summed E-state index contributed by atoms with van der Waals surface area (Å²) in [5, 5.41) is 0. The Morgan fingerprint density at radius 2 is 2.27 bits per heavy atom. The number of hydrogen-bond donors (Lipinski definition) is 0. The molecule has 1 atom stereocenters. The van der Waals surface area contributed by atoms with Gasteiger partial charge in [-0.3, -0.25) is 0 Å². The normalized spacial score (nSPS) is 12.7. The fraction of sp³-hybridized carbons (Fsp3) is 0.625. The maximum Gasteiger partial charge on any atom is 0.330 e. The minimum Gasteiger partial charge on any atom is -0.463 e. The van der Waals surface area contributed by atoms with Crippen LogP contribution in [0.5, 0.6) is 0 Å². The lowest BCUT2D eigenvalue weighted by atomic mass is 10.5. The van der Waals surface area contributed by atoms with Crippen LogP contribution in [0.4, 0.5) is 0 Å². The second kappa shape index (κ2) is 5.13. The predicted octanol–water partition coefficient (Wildman–Crippen LogP) is 1.52. The van der Waals surface area contributed by atoms with Crippen molar-refractivity contribution in [2.45, 2.75) is 32.2 Å². The lowest BCUT2D eigenvalue weighted by molar-refractivity contribution is -0.139. The molecule has 0 bridgehead atoms. The third-order valence-corrected chi connectivity index (χ3v) is 3.67. The molecule has 0 saturated carbocycles. The summed E-state index contributed by atoms with van der Waals surface area (Å²) in [6, 6.07) is 0. The summed E-state index contributed by atoms with van der Waals surface area (Å²) in [6.45, 7) is 9.73. The molecule has 0 aliphatic carbocycles. The summed E-state index contributed by atoms with van der Waals surface area (Å²) in [4.78, 5) is 10.8. The largest absolute Gasteiger partial charge is 0.463 e. The van der Waals surface area contributed by atoms with Crippen LogP contribution in [-0.4, -0.2) is 20.5 Å². The van der Waals surface area contributed by atoms with E-state index in [9.17, 15) is 4.79 Å². The minimum absolute atomic E-state index is 0.167. The van der Waals surface area contributed by atoms with Gasteiger partial charge in [-0.25, -0.2) is 4.79 Å². The molecule has 0 fully saturated rings. The molecule has 0 aliphatic heterocycles. The monoisotopic (exact) mass is 172 g/mol. The van der Waals surface area contributed by atoms with E-state index in [0.29, 0.717) is 0 Å². The Labute approximate surface area is 69.9 Å². The van der Waals surface area contributed by atoms with Gasteiger partial charge in [0.15, 0.2) is 0 Å². The molecule has 0 radical (unpaired) electrons. The number of rotatable bonds is 4. The molecule has 11 heavy (non-hydrogen) atoms. The van der Waals surface area contributed by atoms with Crippen molar-refractivity contribution in [3.05, 3.63) is 12.7 Å². The van der Waals surface area contributed by atoms with E-state index in [-0.39, 0.29) is 11.7 Å². The summed E-state index contributed by atoms with van der Waals surface area (Å²) >= 11 is 0. The SMILES string of the molecule is C=CC(=O)OC(CC)[SiH](C)C. The highest BCUT2D eigenvalue weighted by Crippen LogP contribution is 2.03. The molecular weight excluding hydrogens is 156 g/mol. The fourth-order valence-electron chi connectivity index (χ4n) is 0.888. The van der Waals surface area contributed by atoms with E-state index in [1.807, 2.05) is 6.92 Å². The molecule has 2 nitrogen and oxygen atoms in total. The first-order valence-corrected chi connectivity index (χ1v) is 6.92. The lowest BCUT2D eigenvalue weighted by Gasteiger charge is -2.17. The van der Waals surface area contributed by atoms with E-state index in [1.54, 1.807) is 0 Å². The average Bonchev–Trinajstić information content (AvgIpc) is 1.99. The molecular formula is C8H16O2Si. The van der Waals surface area contributed by atoms with Gasteiger partial charge < -0.3 is 4.74 Å². The number of carbonyl (C=O) groups is 1. The molecule has 0 saturated heterocycles. The van der Waals surface area contributed by atoms with Crippen molar-refractivity contribution in [1.29, 1.82) is 0 Å². The van der Waals surface area contributed by atoms with Crippen molar-refractivity contribution in [1.82, 2.24) is 0 Å². The first-order chi connectivity index (χ1) is 5.11. The van der Waals surface area contributed by atoms with E-state index in [1.165, 1.54) is 6.08 Å². The zero-order chi connectivity index (χ0) is 8.85. The Morgan fingerprint density at radius 3 is 2.55 bits per heavy atom. The molecule has 0 N–H and O–H groups in total. The Balaban J connectivity index is 3.87. The van der Waals surface area contributed by atoms with Gasteiger partial charge in [-0.1, -0.05) is 26.6 Å². The zero-order valence-electron chi connectivity index (χ0n) is 7.46. The van der Waals surface area contributed by atoms with Crippen LogP contribution in [-0.2, 0) is 9.53 Å². The van der Waals surface area contributed by atoms with E-state index in [0.717, 1.165) is 6.42 Å². The van der Waals surface area contributed by atoms with Crippen molar-refractivity contribution in [3.8, 4) is 0 Å². The highest BCUT2D eigenvalue weighted by molar-refractivity contribution is 6.57. The van der Waals surface area contributed by atoms with Crippen LogP contribution in [0.2, 0.25) is 13.1 Å². The van der Waals surface area contributed by atoms with Crippen molar-refractivity contribution in [2.24, 2.45) is 0 Å². The van der Waals surface area contributed by atoms with Gasteiger partial charge in [0, 0.05) is 6.08 Å². The summed E-state index contributed by atoms with van der Waals surface area (Å²) in [5.74, 6) is -0.293. The molecule has 1 unspecified atom stereocenters. The number of hydrogen-bond acceptors (Lipinski definition) is 2. The number of ether oxygens (including phenoxy) is 1. The van der Waals surface area contributed by atoms with Gasteiger partial charge in [0.05, 0.1) is 14.5 Å². The molecule has 0 heterocycles. The van der Waals surface area contributed by atoms with Crippen LogP contribution in [0.3, 0.4) is 0 Å². The Morgan fingerprint density at radius 1 is 1.73 bits per heavy atom. The standard InChI is InChI=1S/C8H16O2Si/c1-5-7(9)10-8(6-2)11(3)4/h5,8,11H,1,6H2,2-4H3.